The molecule has 2 rings (SSSR count). The summed E-state index contributed by atoms with van der Waals surface area (Å²) in [5.74, 6) is 0.330. The van der Waals surface area contributed by atoms with Gasteiger partial charge in [0.2, 0.25) is 0 Å². The van der Waals surface area contributed by atoms with Gasteiger partial charge in [-0.2, -0.15) is 0 Å². The van der Waals surface area contributed by atoms with E-state index in [9.17, 15) is 5.11 Å². The smallest absolute Gasteiger partial charge is 0.289 e. The van der Waals surface area contributed by atoms with Crippen LogP contribution in [0.1, 0.15) is 18.1 Å². The molecule has 1 aromatic rings. The van der Waals surface area contributed by atoms with E-state index >= 15 is 0 Å². The van der Waals surface area contributed by atoms with Crippen molar-refractivity contribution in [1.29, 1.82) is 0 Å². The van der Waals surface area contributed by atoms with Gasteiger partial charge >= 0.3 is 0 Å². The molecule has 0 saturated heterocycles. The van der Waals surface area contributed by atoms with Crippen LogP contribution in [0, 0.1) is 6.92 Å². The molecule has 86 valence electrons. The van der Waals surface area contributed by atoms with Crippen molar-refractivity contribution in [3.8, 4) is 5.75 Å². The monoisotopic (exact) mass is 220 g/mol. The van der Waals surface area contributed by atoms with Gasteiger partial charge in [-0.05, 0) is 36.6 Å². The molecule has 4 nitrogen and oxygen atoms in total. The maximum absolute atomic E-state index is 9.63. The number of phenolic OH excluding ortho intramolecular Hbond substituents is 1. The van der Waals surface area contributed by atoms with Crippen LogP contribution in [-0.2, 0) is 11.2 Å². The fourth-order valence-corrected chi connectivity index (χ4v) is 1.67. The molecule has 1 aliphatic rings. The van der Waals surface area contributed by atoms with Gasteiger partial charge in [-0.3, -0.25) is 0 Å². The number of benzene rings is 1. The minimum absolute atomic E-state index is 0.330. The second-order valence-corrected chi connectivity index (χ2v) is 3.81. The first kappa shape index (κ1) is 10.8. The number of anilines is 1. The Kier molecular flexibility index (Phi) is 2.99. The average molecular weight is 220 g/mol. The first-order valence-electron chi connectivity index (χ1n) is 5.47. The van der Waals surface area contributed by atoms with Gasteiger partial charge in [-0.25, -0.2) is 4.99 Å². The Morgan fingerprint density at radius 1 is 1.50 bits per heavy atom. The molecule has 0 bridgehead atoms. The summed E-state index contributed by atoms with van der Waals surface area (Å²) in [5.41, 5.74) is 2.86. The number of rotatable bonds is 2. The number of aromatic hydroxyl groups is 1. The van der Waals surface area contributed by atoms with E-state index in [-0.39, 0.29) is 0 Å². The van der Waals surface area contributed by atoms with Crippen LogP contribution in [-0.4, -0.2) is 24.3 Å². The highest BCUT2D eigenvalue weighted by atomic mass is 16.5. The topological polar surface area (TPSA) is 53.8 Å². The van der Waals surface area contributed by atoms with Gasteiger partial charge in [0.05, 0.1) is 6.54 Å². The van der Waals surface area contributed by atoms with Gasteiger partial charge in [-0.15, -0.1) is 0 Å². The second-order valence-electron chi connectivity index (χ2n) is 3.81. The maximum Gasteiger partial charge on any atom is 0.289 e. The van der Waals surface area contributed by atoms with Crippen LogP contribution in [0.3, 0.4) is 0 Å². The van der Waals surface area contributed by atoms with Crippen LogP contribution in [0.25, 0.3) is 0 Å². The van der Waals surface area contributed by atoms with E-state index in [0.29, 0.717) is 24.9 Å². The van der Waals surface area contributed by atoms with Crippen molar-refractivity contribution in [3.63, 3.8) is 0 Å². The number of hydrogen-bond acceptors (Lipinski definition) is 4. The molecule has 0 radical (unpaired) electrons. The third-order valence-electron chi connectivity index (χ3n) is 2.63. The lowest BCUT2D eigenvalue weighted by Crippen LogP contribution is -2.13. The van der Waals surface area contributed by atoms with E-state index in [4.69, 9.17) is 4.74 Å². The Bertz CT molecular complexity index is 427. The van der Waals surface area contributed by atoms with Gasteiger partial charge < -0.3 is 15.2 Å². The van der Waals surface area contributed by atoms with Crippen molar-refractivity contribution in [1.82, 2.24) is 0 Å². The highest BCUT2D eigenvalue weighted by molar-refractivity contribution is 5.91. The molecule has 0 saturated carbocycles. The number of aryl methyl sites for hydroxylation is 2. The second kappa shape index (κ2) is 4.43. The third-order valence-corrected chi connectivity index (χ3v) is 2.63. The molecule has 0 amide bonds. The van der Waals surface area contributed by atoms with Crippen molar-refractivity contribution in [2.45, 2.75) is 20.3 Å². The summed E-state index contributed by atoms with van der Waals surface area (Å²) < 4.78 is 5.30. The first-order valence-corrected chi connectivity index (χ1v) is 5.47. The minimum atomic E-state index is 0.330. The van der Waals surface area contributed by atoms with E-state index in [1.807, 2.05) is 19.9 Å². The lowest BCUT2D eigenvalue weighted by molar-refractivity contribution is 0.346. The first-order chi connectivity index (χ1) is 7.70. The summed E-state index contributed by atoms with van der Waals surface area (Å²) in [7, 11) is 0. The summed E-state index contributed by atoms with van der Waals surface area (Å²) in [5, 5.41) is 12.8. The fraction of sp³-hybridized carbons (Fsp3) is 0.417. The van der Waals surface area contributed by atoms with Gasteiger partial charge in [0.25, 0.3) is 6.02 Å². The molecule has 0 unspecified atom stereocenters. The van der Waals surface area contributed by atoms with Gasteiger partial charge in [0.1, 0.15) is 12.4 Å². The molecule has 0 atom stereocenters. The van der Waals surface area contributed by atoms with Gasteiger partial charge in [-0.1, -0.05) is 6.92 Å². The molecule has 0 spiro atoms. The number of ether oxygens (including phenoxy) is 1. The SMILES string of the molecule is CCc1cc(O)c(C)cc1NC1=NCCO1. The molecule has 0 fully saturated rings. The molecule has 16 heavy (non-hydrogen) atoms. The number of aliphatic imine (C=N–C) groups is 1. The molecule has 0 aliphatic carbocycles. The molecular weight excluding hydrogens is 204 g/mol. The van der Waals surface area contributed by atoms with Crippen LogP contribution in [0.15, 0.2) is 17.1 Å². The molecule has 0 aromatic heterocycles. The molecule has 2 N–H and O–H groups in total. The van der Waals surface area contributed by atoms with Gasteiger partial charge in [0.15, 0.2) is 0 Å². The Balaban J connectivity index is 2.27. The van der Waals surface area contributed by atoms with E-state index in [2.05, 4.69) is 10.3 Å². The van der Waals surface area contributed by atoms with E-state index in [0.717, 1.165) is 23.2 Å². The number of nitrogens with zero attached hydrogens (tertiary/aromatic N) is 1. The van der Waals surface area contributed by atoms with E-state index in [1.165, 1.54) is 0 Å². The van der Waals surface area contributed by atoms with Crippen molar-refractivity contribution in [3.05, 3.63) is 23.3 Å². The quantitative estimate of drug-likeness (QED) is 0.750. The predicted molar refractivity (Wildman–Crippen MR) is 64.1 cm³/mol. The van der Waals surface area contributed by atoms with Crippen LogP contribution in [0.5, 0.6) is 5.75 Å². The standard InChI is InChI=1S/C12H16N2O2/c1-3-9-7-11(15)8(2)6-10(9)14-12-13-4-5-16-12/h6-7,15H,3-5H2,1-2H3,(H,13,14). The fourth-order valence-electron chi connectivity index (χ4n) is 1.67. The summed E-state index contributed by atoms with van der Waals surface area (Å²) in [6.07, 6.45) is 0.851. The average Bonchev–Trinajstić information content (AvgIpc) is 2.76. The Morgan fingerprint density at radius 3 is 2.94 bits per heavy atom. The third kappa shape index (κ3) is 2.10. The zero-order chi connectivity index (χ0) is 11.5. The molecular formula is C12H16N2O2. The van der Waals surface area contributed by atoms with E-state index in [1.54, 1.807) is 6.07 Å². The maximum atomic E-state index is 9.63. The summed E-state index contributed by atoms with van der Waals surface area (Å²) in [6.45, 7) is 5.27. The number of nitrogens with one attached hydrogen (secondary N) is 1. The summed E-state index contributed by atoms with van der Waals surface area (Å²) in [6, 6.07) is 4.27. The highest BCUT2D eigenvalue weighted by Crippen LogP contribution is 2.26. The molecule has 4 heteroatoms. The molecule has 1 heterocycles. The van der Waals surface area contributed by atoms with Crippen molar-refractivity contribution in [2.24, 2.45) is 4.99 Å². The lowest BCUT2D eigenvalue weighted by Gasteiger charge is -2.12. The van der Waals surface area contributed by atoms with Crippen LogP contribution >= 0.6 is 0 Å². The van der Waals surface area contributed by atoms with Crippen LogP contribution in [0.2, 0.25) is 0 Å². The predicted octanol–water partition coefficient (Wildman–Crippen LogP) is 2.06. The van der Waals surface area contributed by atoms with Crippen LogP contribution < -0.4 is 5.32 Å². The Hall–Kier alpha value is -1.71. The number of hydrogen-bond donors (Lipinski definition) is 2. The van der Waals surface area contributed by atoms with Crippen molar-refractivity contribution in [2.75, 3.05) is 18.5 Å². The molecule has 1 aromatic carbocycles. The minimum Gasteiger partial charge on any atom is -0.508 e. The van der Waals surface area contributed by atoms with Crippen molar-refractivity contribution < 1.29 is 9.84 Å². The Morgan fingerprint density at radius 2 is 2.31 bits per heavy atom. The van der Waals surface area contributed by atoms with Crippen molar-refractivity contribution >= 4 is 11.7 Å². The van der Waals surface area contributed by atoms with Crippen LogP contribution in [0.4, 0.5) is 5.69 Å². The molecule has 1 aliphatic heterocycles. The summed E-state index contributed by atoms with van der Waals surface area (Å²) in [4.78, 5) is 4.18. The summed E-state index contributed by atoms with van der Waals surface area (Å²) >= 11 is 0. The number of amidine groups is 1. The zero-order valence-corrected chi connectivity index (χ0v) is 9.58. The van der Waals surface area contributed by atoms with Gasteiger partial charge in [0, 0.05) is 5.69 Å². The normalized spacial score (nSPS) is 14.5. The van der Waals surface area contributed by atoms with E-state index < -0.39 is 0 Å². The number of phenols is 1. The Labute approximate surface area is 95.0 Å². The lowest BCUT2D eigenvalue weighted by atomic mass is 10.1. The largest absolute Gasteiger partial charge is 0.508 e. The zero-order valence-electron chi connectivity index (χ0n) is 9.58. The highest BCUT2D eigenvalue weighted by Gasteiger charge is 2.11.